The normalized spacial score (nSPS) is 18.3. The van der Waals surface area contributed by atoms with Crippen LogP contribution in [0.15, 0.2) is 47.4 Å². The van der Waals surface area contributed by atoms with Gasteiger partial charge in [-0.1, -0.05) is 0 Å². The summed E-state index contributed by atoms with van der Waals surface area (Å²) in [7, 11) is -1.05. The number of nitrogens with one attached hydrogen (secondary N) is 1. The average molecular weight is 357 g/mol. The zero-order valence-corrected chi connectivity index (χ0v) is 14.7. The Bertz CT molecular complexity index is 841. The molecule has 1 fully saturated rings. The summed E-state index contributed by atoms with van der Waals surface area (Å²) in [6.07, 6.45) is 5.62. The minimum atomic E-state index is -1.05. The number of hydrogen-bond acceptors (Lipinski definition) is 4. The molecular weight excluding hydrogens is 338 g/mol. The zero-order chi connectivity index (χ0) is 17.4. The molecular formula is C19H19NO4S. The van der Waals surface area contributed by atoms with Crippen LogP contribution in [0, 0.1) is 0 Å². The Hall–Kier alpha value is -2.34. The van der Waals surface area contributed by atoms with E-state index in [9.17, 15) is 9.00 Å². The third-order valence-electron chi connectivity index (χ3n) is 4.61. The van der Waals surface area contributed by atoms with Crippen molar-refractivity contribution in [1.82, 2.24) is 0 Å². The molecule has 2 aromatic rings. The predicted octanol–water partition coefficient (Wildman–Crippen LogP) is 3.72. The average Bonchev–Trinajstić information content (AvgIpc) is 3.20. The lowest BCUT2D eigenvalue weighted by Gasteiger charge is -2.21. The van der Waals surface area contributed by atoms with E-state index in [-0.39, 0.29) is 5.91 Å². The van der Waals surface area contributed by atoms with E-state index in [1.165, 1.54) is 0 Å². The van der Waals surface area contributed by atoms with Crippen molar-refractivity contribution in [2.75, 3.05) is 11.6 Å². The van der Waals surface area contributed by atoms with Gasteiger partial charge < -0.3 is 14.8 Å². The predicted molar refractivity (Wildman–Crippen MR) is 95.6 cm³/mol. The summed E-state index contributed by atoms with van der Waals surface area (Å²) in [6.45, 7) is 0. The van der Waals surface area contributed by atoms with E-state index >= 15 is 0 Å². The molecule has 1 amide bonds. The Kier molecular flexibility index (Phi) is 4.00. The zero-order valence-electron chi connectivity index (χ0n) is 13.9. The molecule has 0 saturated heterocycles. The minimum Gasteiger partial charge on any atom is -0.448 e. The molecule has 1 spiro atoms. The van der Waals surface area contributed by atoms with Gasteiger partial charge in [-0.05, 0) is 49.2 Å². The quantitative estimate of drug-likeness (QED) is 0.909. The van der Waals surface area contributed by atoms with Crippen molar-refractivity contribution >= 4 is 22.4 Å². The standard InChI is InChI=1S/C19H19NO4S/c1-25(22)15-7-4-13(5-8-15)18(21)20-14-6-9-16-17(12-14)24-19(23-16)10-2-3-11-19/h4-9,12H,2-3,10-11H2,1H3,(H,20,21). The number of carbonyl (C=O) groups excluding carboxylic acids is 1. The molecule has 0 bridgehead atoms. The summed E-state index contributed by atoms with van der Waals surface area (Å²) >= 11 is 0. The van der Waals surface area contributed by atoms with Crippen molar-refractivity contribution in [3.05, 3.63) is 48.0 Å². The number of fused-ring (bicyclic) bond motifs is 1. The Morgan fingerprint density at radius 2 is 1.72 bits per heavy atom. The topological polar surface area (TPSA) is 64.6 Å². The van der Waals surface area contributed by atoms with Crippen LogP contribution < -0.4 is 14.8 Å². The van der Waals surface area contributed by atoms with Crippen LogP contribution in [0.25, 0.3) is 0 Å². The molecule has 0 aromatic heterocycles. The largest absolute Gasteiger partial charge is 0.448 e. The van der Waals surface area contributed by atoms with E-state index in [4.69, 9.17) is 9.47 Å². The number of carbonyl (C=O) groups is 1. The van der Waals surface area contributed by atoms with Gasteiger partial charge in [0.1, 0.15) is 0 Å². The van der Waals surface area contributed by atoms with Gasteiger partial charge in [-0.2, -0.15) is 0 Å². The van der Waals surface area contributed by atoms with Gasteiger partial charge in [0.25, 0.3) is 11.7 Å². The van der Waals surface area contributed by atoms with Crippen molar-refractivity contribution in [2.24, 2.45) is 0 Å². The van der Waals surface area contributed by atoms with Crippen molar-refractivity contribution in [1.29, 1.82) is 0 Å². The monoisotopic (exact) mass is 357 g/mol. The lowest BCUT2D eigenvalue weighted by Crippen LogP contribution is -2.34. The summed E-state index contributed by atoms with van der Waals surface area (Å²) in [5.74, 6) is 0.685. The molecule has 1 N–H and O–H groups in total. The Balaban J connectivity index is 1.48. The molecule has 1 heterocycles. The first-order valence-electron chi connectivity index (χ1n) is 8.32. The molecule has 130 valence electrons. The Morgan fingerprint density at radius 3 is 2.40 bits per heavy atom. The third kappa shape index (κ3) is 3.14. The molecule has 1 unspecified atom stereocenters. The van der Waals surface area contributed by atoms with Crippen molar-refractivity contribution < 1.29 is 18.5 Å². The van der Waals surface area contributed by atoms with E-state index in [1.54, 1.807) is 36.6 Å². The van der Waals surface area contributed by atoms with E-state index in [0.29, 0.717) is 21.9 Å². The fourth-order valence-corrected chi connectivity index (χ4v) is 3.81. The van der Waals surface area contributed by atoms with Gasteiger partial charge >= 0.3 is 0 Å². The highest BCUT2D eigenvalue weighted by atomic mass is 32.2. The molecule has 25 heavy (non-hydrogen) atoms. The molecule has 1 saturated carbocycles. The fourth-order valence-electron chi connectivity index (χ4n) is 3.29. The number of ether oxygens (including phenoxy) is 2. The van der Waals surface area contributed by atoms with Crippen LogP contribution in [0.5, 0.6) is 11.5 Å². The number of hydrogen-bond donors (Lipinski definition) is 1. The Labute approximate surface area is 148 Å². The molecule has 6 heteroatoms. The van der Waals surface area contributed by atoms with Gasteiger partial charge in [-0.15, -0.1) is 0 Å². The SMILES string of the molecule is CS(=O)c1ccc(C(=O)Nc2ccc3c(c2)OC2(CCCC2)O3)cc1. The maximum Gasteiger partial charge on any atom is 0.255 e. The summed E-state index contributed by atoms with van der Waals surface area (Å²) < 4.78 is 23.4. The lowest BCUT2D eigenvalue weighted by atomic mass is 10.2. The van der Waals surface area contributed by atoms with E-state index < -0.39 is 16.6 Å². The second kappa shape index (κ2) is 6.19. The van der Waals surface area contributed by atoms with Gasteiger partial charge in [-0.25, -0.2) is 0 Å². The van der Waals surface area contributed by atoms with Crippen LogP contribution in [0.2, 0.25) is 0 Å². The second-order valence-electron chi connectivity index (χ2n) is 6.42. The molecule has 4 rings (SSSR count). The number of rotatable bonds is 3. The molecule has 1 aliphatic heterocycles. The van der Waals surface area contributed by atoms with E-state index in [1.807, 2.05) is 12.1 Å². The minimum absolute atomic E-state index is 0.220. The highest BCUT2D eigenvalue weighted by molar-refractivity contribution is 7.84. The first-order valence-corrected chi connectivity index (χ1v) is 9.87. The lowest BCUT2D eigenvalue weighted by molar-refractivity contribution is -0.0716. The van der Waals surface area contributed by atoms with Gasteiger partial charge in [0.2, 0.25) is 0 Å². The highest BCUT2D eigenvalue weighted by Crippen LogP contribution is 2.47. The Morgan fingerprint density at radius 1 is 1.04 bits per heavy atom. The molecule has 2 aromatic carbocycles. The molecule has 5 nitrogen and oxygen atoms in total. The van der Waals surface area contributed by atoms with Gasteiger partial charge in [0.15, 0.2) is 11.5 Å². The maximum atomic E-state index is 12.4. The van der Waals surface area contributed by atoms with Crippen LogP contribution in [0.4, 0.5) is 5.69 Å². The first kappa shape index (κ1) is 16.1. The third-order valence-corrected chi connectivity index (χ3v) is 5.54. The van der Waals surface area contributed by atoms with Crippen LogP contribution in [0.3, 0.4) is 0 Å². The molecule has 2 aliphatic rings. The molecule has 1 atom stereocenters. The summed E-state index contributed by atoms with van der Waals surface area (Å²) in [5, 5.41) is 2.87. The van der Waals surface area contributed by atoms with Crippen LogP contribution in [-0.4, -0.2) is 22.2 Å². The smallest absolute Gasteiger partial charge is 0.255 e. The van der Waals surface area contributed by atoms with Crippen LogP contribution in [0.1, 0.15) is 36.0 Å². The summed E-state index contributed by atoms with van der Waals surface area (Å²) in [6, 6.07) is 12.2. The first-order chi connectivity index (χ1) is 12.0. The van der Waals surface area contributed by atoms with Gasteiger partial charge in [-0.3, -0.25) is 9.00 Å². The number of amides is 1. The second-order valence-corrected chi connectivity index (χ2v) is 7.80. The maximum absolute atomic E-state index is 12.4. The molecule has 0 radical (unpaired) electrons. The molecule has 1 aliphatic carbocycles. The van der Waals surface area contributed by atoms with Crippen molar-refractivity contribution in [3.8, 4) is 11.5 Å². The van der Waals surface area contributed by atoms with Crippen LogP contribution >= 0.6 is 0 Å². The van der Waals surface area contributed by atoms with E-state index in [2.05, 4.69) is 5.32 Å². The van der Waals surface area contributed by atoms with Crippen molar-refractivity contribution in [3.63, 3.8) is 0 Å². The van der Waals surface area contributed by atoms with E-state index in [0.717, 1.165) is 31.4 Å². The van der Waals surface area contributed by atoms with Crippen molar-refractivity contribution in [2.45, 2.75) is 36.4 Å². The van der Waals surface area contributed by atoms with Gasteiger partial charge in [0, 0.05) is 52.1 Å². The number of anilines is 1. The summed E-state index contributed by atoms with van der Waals surface area (Å²) in [4.78, 5) is 13.1. The van der Waals surface area contributed by atoms with Gasteiger partial charge in [0.05, 0.1) is 0 Å². The highest BCUT2D eigenvalue weighted by Gasteiger charge is 2.44. The van der Waals surface area contributed by atoms with Crippen LogP contribution in [-0.2, 0) is 10.8 Å². The number of benzene rings is 2. The summed E-state index contributed by atoms with van der Waals surface area (Å²) in [5.41, 5.74) is 1.17. The fraction of sp³-hybridized carbons (Fsp3) is 0.316.